The third-order valence-electron chi connectivity index (χ3n) is 6.14. The number of ether oxygens (including phenoxy) is 1. The fourth-order valence-corrected chi connectivity index (χ4v) is 4.58. The summed E-state index contributed by atoms with van der Waals surface area (Å²) in [4.78, 5) is 39.1. The summed E-state index contributed by atoms with van der Waals surface area (Å²) in [7, 11) is 1.31. The van der Waals surface area contributed by atoms with Gasteiger partial charge in [0.25, 0.3) is 11.5 Å². The highest BCUT2D eigenvalue weighted by molar-refractivity contribution is 9.10. The monoisotopic (exact) mass is 530 g/mol. The molecule has 1 aliphatic carbocycles. The van der Waals surface area contributed by atoms with Gasteiger partial charge in [0.05, 0.1) is 13.7 Å². The van der Waals surface area contributed by atoms with Crippen LogP contribution in [0.25, 0.3) is 21.9 Å². The number of amides is 1. The molecule has 3 aromatic carbocycles. The molecule has 1 heterocycles. The van der Waals surface area contributed by atoms with Crippen molar-refractivity contribution < 1.29 is 14.3 Å². The smallest absolute Gasteiger partial charge is 0.355 e. The lowest BCUT2D eigenvalue weighted by Gasteiger charge is -2.19. The van der Waals surface area contributed by atoms with Crippen LogP contribution >= 0.6 is 15.9 Å². The van der Waals surface area contributed by atoms with Gasteiger partial charge in [-0.3, -0.25) is 14.2 Å². The molecular weight excluding hydrogens is 508 g/mol. The fourth-order valence-electron chi connectivity index (χ4n) is 4.22. The molecule has 1 fully saturated rings. The molecule has 1 N–H and O–H groups in total. The summed E-state index contributed by atoms with van der Waals surface area (Å²) in [6.45, 7) is 0.152. The molecule has 0 aliphatic heterocycles. The molecule has 0 atom stereocenters. The summed E-state index contributed by atoms with van der Waals surface area (Å²) in [5, 5.41) is 4.14. The molecule has 0 saturated heterocycles. The predicted molar refractivity (Wildman–Crippen MR) is 139 cm³/mol. The number of hydrogen-bond donors (Lipinski definition) is 1. The van der Waals surface area contributed by atoms with E-state index in [0.29, 0.717) is 21.9 Å². The van der Waals surface area contributed by atoms with Gasteiger partial charge in [0, 0.05) is 27.0 Å². The maximum atomic E-state index is 13.6. The average molecular weight is 531 g/mol. The Kier molecular flexibility index (Phi) is 6.26. The molecule has 0 radical (unpaired) electrons. The molecule has 35 heavy (non-hydrogen) atoms. The lowest BCUT2D eigenvalue weighted by molar-refractivity contribution is 0.0588. The molecule has 7 heteroatoms. The van der Waals surface area contributed by atoms with Crippen molar-refractivity contribution in [2.75, 3.05) is 7.11 Å². The molecular formula is C28H23BrN2O4. The Morgan fingerprint density at radius 3 is 2.37 bits per heavy atom. The molecule has 0 spiro atoms. The molecule has 6 nitrogen and oxygen atoms in total. The van der Waals surface area contributed by atoms with Crippen LogP contribution in [-0.4, -0.2) is 29.6 Å². The fraction of sp³-hybridized carbons (Fsp3) is 0.179. The third kappa shape index (κ3) is 4.64. The van der Waals surface area contributed by atoms with Crippen molar-refractivity contribution in [3.05, 3.63) is 104 Å². The maximum absolute atomic E-state index is 13.6. The van der Waals surface area contributed by atoms with Crippen LogP contribution < -0.4 is 10.9 Å². The number of rotatable bonds is 6. The number of nitrogens with zero attached hydrogens (tertiary/aromatic N) is 1. The van der Waals surface area contributed by atoms with Gasteiger partial charge in [-0.15, -0.1) is 0 Å². The van der Waals surface area contributed by atoms with Gasteiger partial charge >= 0.3 is 5.97 Å². The Morgan fingerprint density at radius 2 is 1.71 bits per heavy atom. The van der Waals surface area contributed by atoms with Crippen LogP contribution in [0.1, 0.15) is 39.3 Å². The van der Waals surface area contributed by atoms with Crippen molar-refractivity contribution in [2.45, 2.75) is 25.4 Å². The first-order chi connectivity index (χ1) is 17.0. The highest BCUT2D eigenvalue weighted by atomic mass is 79.9. The number of methoxy groups -OCH3 is 1. The number of aromatic nitrogens is 1. The van der Waals surface area contributed by atoms with Crippen LogP contribution in [0.4, 0.5) is 0 Å². The van der Waals surface area contributed by atoms with E-state index in [9.17, 15) is 14.4 Å². The van der Waals surface area contributed by atoms with Crippen molar-refractivity contribution in [1.29, 1.82) is 0 Å². The highest BCUT2D eigenvalue weighted by Gasteiger charge is 2.25. The second-order valence-corrected chi connectivity index (χ2v) is 9.52. The van der Waals surface area contributed by atoms with E-state index < -0.39 is 5.97 Å². The SMILES string of the molecule is COC(=O)c1c(-c2ccccc2)c2cc(Br)ccc2c(=O)n1Cc1ccc(C(=O)NC2CC2)cc1. The molecule has 0 bridgehead atoms. The van der Waals surface area contributed by atoms with Crippen LogP contribution in [0.5, 0.6) is 0 Å². The average Bonchev–Trinajstić information content (AvgIpc) is 3.69. The third-order valence-corrected chi connectivity index (χ3v) is 6.64. The first-order valence-electron chi connectivity index (χ1n) is 11.4. The molecule has 5 rings (SSSR count). The lowest BCUT2D eigenvalue weighted by Crippen LogP contribution is -2.28. The zero-order valence-corrected chi connectivity index (χ0v) is 20.7. The highest BCUT2D eigenvalue weighted by Crippen LogP contribution is 2.33. The van der Waals surface area contributed by atoms with Gasteiger partial charge in [0.1, 0.15) is 5.69 Å². The Balaban J connectivity index is 1.66. The van der Waals surface area contributed by atoms with E-state index in [2.05, 4.69) is 21.2 Å². The molecule has 1 aliphatic rings. The first kappa shape index (κ1) is 23.1. The van der Waals surface area contributed by atoms with Gasteiger partial charge in [-0.25, -0.2) is 4.79 Å². The summed E-state index contributed by atoms with van der Waals surface area (Å²) >= 11 is 3.49. The second-order valence-electron chi connectivity index (χ2n) is 8.61. The number of esters is 1. The van der Waals surface area contributed by atoms with E-state index in [4.69, 9.17) is 4.74 Å². The van der Waals surface area contributed by atoms with Gasteiger partial charge in [-0.1, -0.05) is 58.4 Å². The standard InChI is InChI=1S/C28H23BrN2O4/c1-35-28(34)25-24(18-5-3-2-4-6-18)23-15-20(29)11-14-22(23)27(33)31(25)16-17-7-9-19(10-8-17)26(32)30-21-12-13-21/h2-11,14-15,21H,12-13,16H2,1H3,(H,30,32). The maximum Gasteiger partial charge on any atom is 0.355 e. The number of carbonyl (C=O) groups excluding carboxylic acids is 2. The number of benzene rings is 3. The Labute approximate surface area is 210 Å². The Bertz CT molecular complexity index is 1490. The van der Waals surface area contributed by atoms with Gasteiger partial charge < -0.3 is 10.1 Å². The summed E-state index contributed by atoms with van der Waals surface area (Å²) in [5.74, 6) is -0.697. The minimum Gasteiger partial charge on any atom is -0.464 e. The van der Waals surface area contributed by atoms with E-state index >= 15 is 0 Å². The van der Waals surface area contributed by atoms with E-state index in [0.717, 1.165) is 28.4 Å². The molecule has 1 saturated carbocycles. The van der Waals surface area contributed by atoms with Gasteiger partial charge in [0.2, 0.25) is 0 Å². The number of halogens is 1. The van der Waals surface area contributed by atoms with E-state index in [1.165, 1.54) is 11.7 Å². The van der Waals surface area contributed by atoms with Gasteiger partial charge in [0.15, 0.2) is 0 Å². The summed E-state index contributed by atoms with van der Waals surface area (Å²) in [6, 6.07) is 22.3. The zero-order valence-electron chi connectivity index (χ0n) is 19.1. The van der Waals surface area contributed by atoms with Gasteiger partial charge in [-0.2, -0.15) is 0 Å². The predicted octanol–water partition coefficient (Wildman–Crippen LogP) is 5.16. The van der Waals surface area contributed by atoms with Crippen molar-refractivity contribution in [1.82, 2.24) is 9.88 Å². The Morgan fingerprint density at radius 1 is 1.00 bits per heavy atom. The van der Waals surface area contributed by atoms with E-state index in [1.54, 1.807) is 18.2 Å². The van der Waals surface area contributed by atoms with Crippen LogP contribution in [-0.2, 0) is 11.3 Å². The molecule has 4 aromatic rings. The molecule has 0 unspecified atom stereocenters. The van der Waals surface area contributed by atoms with Gasteiger partial charge in [-0.05, 0) is 59.7 Å². The van der Waals surface area contributed by atoms with Crippen molar-refractivity contribution >= 4 is 38.6 Å². The number of nitrogens with one attached hydrogen (secondary N) is 1. The minimum absolute atomic E-state index is 0.103. The second kappa shape index (κ2) is 9.50. The van der Waals surface area contributed by atoms with E-state index in [-0.39, 0.29) is 29.7 Å². The zero-order chi connectivity index (χ0) is 24.5. The number of fused-ring (bicyclic) bond motifs is 1. The van der Waals surface area contributed by atoms with Crippen LogP contribution in [0, 0.1) is 0 Å². The topological polar surface area (TPSA) is 77.4 Å². The number of carbonyl (C=O) groups is 2. The number of hydrogen-bond acceptors (Lipinski definition) is 4. The Hall–Kier alpha value is -3.71. The largest absolute Gasteiger partial charge is 0.464 e. The number of pyridine rings is 1. The molecule has 176 valence electrons. The summed E-state index contributed by atoms with van der Waals surface area (Å²) in [6.07, 6.45) is 2.04. The summed E-state index contributed by atoms with van der Waals surface area (Å²) in [5.41, 5.74) is 2.68. The van der Waals surface area contributed by atoms with E-state index in [1.807, 2.05) is 54.6 Å². The van der Waals surface area contributed by atoms with Crippen molar-refractivity contribution in [3.8, 4) is 11.1 Å². The van der Waals surface area contributed by atoms with Crippen LogP contribution in [0.2, 0.25) is 0 Å². The lowest BCUT2D eigenvalue weighted by atomic mass is 9.96. The van der Waals surface area contributed by atoms with Crippen molar-refractivity contribution in [3.63, 3.8) is 0 Å². The molecule has 1 aromatic heterocycles. The minimum atomic E-state index is -0.594. The quantitative estimate of drug-likeness (QED) is 0.349. The first-order valence-corrected chi connectivity index (χ1v) is 12.1. The normalized spacial score (nSPS) is 13.0. The summed E-state index contributed by atoms with van der Waals surface area (Å²) < 4.78 is 7.40. The molecule has 1 amide bonds. The van der Waals surface area contributed by atoms with Crippen LogP contribution in [0.3, 0.4) is 0 Å². The van der Waals surface area contributed by atoms with Crippen molar-refractivity contribution in [2.24, 2.45) is 0 Å². The van der Waals surface area contributed by atoms with Crippen LogP contribution in [0.15, 0.2) is 82.1 Å².